The van der Waals surface area contributed by atoms with Crippen molar-refractivity contribution >= 4 is 12.8 Å². The molecule has 0 fully saturated rings. The molecule has 0 amide bonds. The summed E-state index contributed by atoms with van der Waals surface area (Å²) >= 11 is 0. The van der Waals surface area contributed by atoms with Crippen molar-refractivity contribution in [2.24, 2.45) is 0 Å². The van der Waals surface area contributed by atoms with Gasteiger partial charge in [0.15, 0.2) is 0 Å². The third kappa shape index (κ3) is 14.2. The molecule has 6 heteroatoms. The highest BCUT2D eigenvalue weighted by Crippen LogP contribution is 2.28. The smallest absolute Gasteiger partial charge is 0.333 e. The summed E-state index contributed by atoms with van der Waals surface area (Å²) in [4.78, 5) is 19.7. The van der Waals surface area contributed by atoms with Gasteiger partial charge in [0.2, 0.25) is 0 Å². The minimum Gasteiger partial charge on any atom is -0.462 e. The molecule has 0 aliphatic heterocycles. The van der Waals surface area contributed by atoms with Crippen LogP contribution in [0, 0.1) is 0 Å². The lowest BCUT2D eigenvalue weighted by atomic mass is 9.90. The van der Waals surface area contributed by atoms with E-state index in [0.29, 0.717) is 24.4 Å². The van der Waals surface area contributed by atoms with Crippen molar-refractivity contribution in [2.75, 3.05) is 13.2 Å². The van der Waals surface area contributed by atoms with Crippen molar-refractivity contribution in [3.05, 3.63) is 96.5 Å². The molecule has 0 aromatic heterocycles. The maximum absolute atomic E-state index is 11.7. The molecule has 2 aromatic rings. The highest BCUT2D eigenvalue weighted by Gasteiger charge is 2.14. The van der Waals surface area contributed by atoms with Crippen molar-refractivity contribution in [1.82, 2.24) is 0 Å². The Hall–Kier alpha value is -3.64. The number of hydrogen-bond donors (Lipinski definition) is 1. The molecule has 6 nitrogen and oxygen atoms in total. The number of ether oxygens (including phenoxy) is 3. The van der Waals surface area contributed by atoms with Crippen LogP contribution in [-0.4, -0.2) is 31.1 Å². The van der Waals surface area contributed by atoms with Crippen molar-refractivity contribution in [2.45, 2.75) is 71.1 Å². The normalized spacial score (nSPS) is 11.3. The number of carbonyl (C=O) groups excluding carboxylic acids is 2. The third-order valence-corrected chi connectivity index (χ3v) is 6.16. The molecular weight excluding hydrogens is 492 g/mol. The SMILES string of the molecule is C=C(CO)CCCC(CCOC(=O)C(=C)C)c1ccc(O/C=C\Oc2ccc(CCCCC)cc2)cc1.C=O. The average Bonchev–Trinajstić information content (AvgIpc) is 2.96. The summed E-state index contributed by atoms with van der Waals surface area (Å²) in [7, 11) is 0. The number of esters is 1. The van der Waals surface area contributed by atoms with Gasteiger partial charge in [-0.25, -0.2) is 4.79 Å². The summed E-state index contributed by atoms with van der Waals surface area (Å²) in [5.41, 5.74) is 3.70. The molecule has 0 saturated carbocycles. The second kappa shape index (κ2) is 20.3. The zero-order chi connectivity index (χ0) is 28.9. The van der Waals surface area contributed by atoms with Crippen LogP contribution in [-0.2, 0) is 20.7 Å². The van der Waals surface area contributed by atoms with E-state index in [1.807, 2.05) is 43.2 Å². The maximum Gasteiger partial charge on any atom is 0.333 e. The summed E-state index contributed by atoms with van der Waals surface area (Å²) in [6, 6.07) is 16.1. The van der Waals surface area contributed by atoms with Gasteiger partial charge in [-0.05, 0) is 86.8 Å². The van der Waals surface area contributed by atoms with Crippen LogP contribution in [0.25, 0.3) is 0 Å². The van der Waals surface area contributed by atoms with Gasteiger partial charge in [0.25, 0.3) is 0 Å². The van der Waals surface area contributed by atoms with Crippen LogP contribution < -0.4 is 9.47 Å². The number of aliphatic hydroxyl groups excluding tert-OH is 1. The molecule has 2 rings (SSSR count). The summed E-state index contributed by atoms with van der Waals surface area (Å²) < 4.78 is 16.7. The van der Waals surface area contributed by atoms with Crippen molar-refractivity contribution in [3.63, 3.8) is 0 Å². The van der Waals surface area contributed by atoms with Gasteiger partial charge >= 0.3 is 5.97 Å². The van der Waals surface area contributed by atoms with E-state index in [4.69, 9.17) is 19.0 Å². The molecule has 39 heavy (non-hydrogen) atoms. The van der Waals surface area contributed by atoms with Crippen LogP contribution in [0.3, 0.4) is 0 Å². The second-order valence-electron chi connectivity index (χ2n) is 9.38. The number of unbranched alkanes of at least 4 members (excludes halogenated alkanes) is 2. The lowest BCUT2D eigenvalue weighted by molar-refractivity contribution is -0.139. The van der Waals surface area contributed by atoms with E-state index in [-0.39, 0.29) is 18.5 Å². The number of hydrogen-bond acceptors (Lipinski definition) is 6. The van der Waals surface area contributed by atoms with E-state index in [1.165, 1.54) is 37.4 Å². The fourth-order valence-electron chi connectivity index (χ4n) is 3.92. The van der Waals surface area contributed by atoms with Gasteiger partial charge in [0, 0.05) is 5.57 Å². The molecule has 0 aliphatic carbocycles. The van der Waals surface area contributed by atoms with Crippen molar-refractivity contribution < 1.29 is 28.9 Å². The van der Waals surface area contributed by atoms with Crippen LogP contribution in [0.4, 0.5) is 0 Å². The van der Waals surface area contributed by atoms with Crippen molar-refractivity contribution in [3.8, 4) is 11.5 Å². The minimum absolute atomic E-state index is 0.00845. The lowest BCUT2D eigenvalue weighted by Crippen LogP contribution is -2.10. The Morgan fingerprint density at radius 2 is 1.49 bits per heavy atom. The van der Waals surface area contributed by atoms with Crippen LogP contribution in [0.5, 0.6) is 11.5 Å². The Bertz CT molecular complexity index is 1010. The number of aryl methyl sites for hydroxylation is 1. The Kier molecular flexibility index (Phi) is 17.4. The third-order valence-electron chi connectivity index (χ3n) is 6.16. The Labute approximate surface area is 234 Å². The van der Waals surface area contributed by atoms with Crippen LogP contribution in [0.2, 0.25) is 0 Å². The van der Waals surface area contributed by atoms with E-state index >= 15 is 0 Å². The fourth-order valence-corrected chi connectivity index (χ4v) is 3.92. The van der Waals surface area contributed by atoms with Gasteiger partial charge in [0.05, 0.1) is 13.2 Å². The number of benzene rings is 2. The molecular formula is C33H44O6. The molecule has 1 unspecified atom stereocenters. The predicted octanol–water partition coefficient (Wildman–Crippen LogP) is 7.48. The standard InChI is InChI=1S/C32H42O5.CH2O/c1-5-6-7-10-27-12-16-30(17-13-27)35-22-23-36-31-18-14-29(15-19-31)28(11-8-9-26(4)24-33)20-21-37-32(34)25(2)3;1-2/h12-19,22-23,28,33H,2,4-11,20-21,24H2,1,3H3;1H2/b23-22-;. The number of carbonyl (C=O) groups is 2. The number of aliphatic hydroxyl groups is 1. The largest absolute Gasteiger partial charge is 0.462 e. The lowest BCUT2D eigenvalue weighted by Gasteiger charge is -2.18. The zero-order valence-electron chi connectivity index (χ0n) is 23.5. The van der Waals surface area contributed by atoms with Gasteiger partial charge in [-0.2, -0.15) is 0 Å². The predicted molar refractivity (Wildman–Crippen MR) is 157 cm³/mol. The van der Waals surface area contributed by atoms with Crippen LogP contribution in [0.1, 0.15) is 75.8 Å². The first-order valence-electron chi connectivity index (χ1n) is 13.5. The van der Waals surface area contributed by atoms with Gasteiger partial charge in [0.1, 0.15) is 30.8 Å². The number of rotatable bonds is 18. The molecule has 1 N–H and O–H groups in total. The van der Waals surface area contributed by atoms with Gasteiger partial charge in [-0.1, -0.05) is 62.8 Å². The second-order valence-corrected chi connectivity index (χ2v) is 9.38. The zero-order valence-corrected chi connectivity index (χ0v) is 23.5. The molecule has 212 valence electrons. The summed E-state index contributed by atoms with van der Waals surface area (Å²) in [6.45, 7) is 13.7. The van der Waals surface area contributed by atoms with Crippen LogP contribution >= 0.6 is 0 Å². The van der Waals surface area contributed by atoms with Crippen molar-refractivity contribution in [1.29, 1.82) is 0 Å². The van der Waals surface area contributed by atoms with E-state index in [2.05, 4.69) is 32.2 Å². The van der Waals surface area contributed by atoms with Gasteiger partial charge in [-0.3, -0.25) is 0 Å². The van der Waals surface area contributed by atoms with Gasteiger partial charge < -0.3 is 24.1 Å². The molecule has 0 heterocycles. The maximum atomic E-state index is 11.7. The molecule has 0 radical (unpaired) electrons. The molecule has 0 saturated heterocycles. The molecule has 0 spiro atoms. The fraction of sp³-hybridized carbons (Fsp3) is 0.394. The quantitative estimate of drug-likeness (QED) is 0.0699. The topological polar surface area (TPSA) is 82.1 Å². The first-order chi connectivity index (χ1) is 18.9. The minimum atomic E-state index is -0.368. The first-order valence-corrected chi connectivity index (χ1v) is 13.5. The first kappa shape index (κ1) is 33.4. The summed E-state index contributed by atoms with van der Waals surface area (Å²) in [5.74, 6) is 1.32. The Morgan fingerprint density at radius 3 is 2.03 bits per heavy atom. The van der Waals surface area contributed by atoms with E-state index < -0.39 is 0 Å². The van der Waals surface area contributed by atoms with E-state index in [9.17, 15) is 9.90 Å². The average molecular weight is 537 g/mol. The summed E-state index contributed by atoms with van der Waals surface area (Å²) in [6.07, 6.45) is 11.1. The highest BCUT2D eigenvalue weighted by molar-refractivity contribution is 5.86. The molecule has 1 atom stereocenters. The summed E-state index contributed by atoms with van der Waals surface area (Å²) in [5, 5.41) is 9.21. The molecule has 0 bridgehead atoms. The monoisotopic (exact) mass is 536 g/mol. The Morgan fingerprint density at radius 1 is 0.897 bits per heavy atom. The highest BCUT2D eigenvalue weighted by atomic mass is 16.5. The van der Waals surface area contributed by atoms with E-state index in [1.54, 1.807) is 6.92 Å². The molecule has 0 aliphatic rings. The Balaban J connectivity index is 0.00000371. The molecule has 2 aromatic carbocycles. The van der Waals surface area contributed by atoms with Crippen LogP contribution in [0.15, 0.2) is 85.4 Å². The van der Waals surface area contributed by atoms with E-state index in [0.717, 1.165) is 42.6 Å². The van der Waals surface area contributed by atoms with Gasteiger partial charge in [-0.15, -0.1) is 0 Å².